The van der Waals surface area contributed by atoms with Gasteiger partial charge in [-0.05, 0) is 18.8 Å². The molecule has 90 valence electrons. The molecule has 0 radical (unpaired) electrons. The number of alkyl halides is 3. The summed E-state index contributed by atoms with van der Waals surface area (Å²) in [5, 5.41) is 0. The Bertz CT molecular complexity index is 181. The van der Waals surface area contributed by atoms with Gasteiger partial charge < -0.3 is 15.2 Å². The third-order valence-corrected chi connectivity index (χ3v) is 2.43. The topological polar surface area (TPSA) is 44.5 Å². The van der Waals surface area contributed by atoms with Crippen molar-refractivity contribution in [3.63, 3.8) is 0 Å². The van der Waals surface area contributed by atoms with E-state index in [1.165, 1.54) is 0 Å². The minimum absolute atomic E-state index is 0.0528. The van der Waals surface area contributed by atoms with Crippen LogP contribution in [0.4, 0.5) is 13.2 Å². The zero-order chi connectivity index (χ0) is 11.3. The molecule has 0 aromatic heterocycles. The lowest BCUT2D eigenvalue weighted by Crippen LogP contribution is -2.32. The van der Waals surface area contributed by atoms with Crippen molar-refractivity contribution in [3.05, 3.63) is 0 Å². The van der Waals surface area contributed by atoms with Crippen LogP contribution in [0.3, 0.4) is 0 Å². The first-order valence-corrected chi connectivity index (χ1v) is 4.97. The average Bonchev–Trinajstić information content (AvgIpc) is 2.63. The van der Waals surface area contributed by atoms with Gasteiger partial charge in [-0.25, -0.2) is 0 Å². The summed E-state index contributed by atoms with van der Waals surface area (Å²) in [5.41, 5.74) is 5.79. The number of rotatable bonds is 5. The number of hydrogen-bond acceptors (Lipinski definition) is 3. The maximum absolute atomic E-state index is 11.7. The maximum Gasteiger partial charge on any atom is 0.411 e. The van der Waals surface area contributed by atoms with Gasteiger partial charge in [0.1, 0.15) is 6.61 Å². The normalized spacial score (nSPS) is 24.4. The highest BCUT2D eigenvalue weighted by Crippen LogP contribution is 2.18. The van der Waals surface area contributed by atoms with E-state index in [2.05, 4.69) is 4.74 Å². The van der Waals surface area contributed by atoms with Crippen LogP contribution >= 0.6 is 0 Å². The molecule has 15 heavy (non-hydrogen) atoms. The Morgan fingerprint density at radius 3 is 2.73 bits per heavy atom. The second-order valence-electron chi connectivity index (χ2n) is 3.74. The molecule has 2 N–H and O–H groups in total. The molecule has 0 aromatic rings. The van der Waals surface area contributed by atoms with Crippen LogP contribution in [0.5, 0.6) is 0 Å². The molecule has 6 heteroatoms. The van der Waals surface area contributed by atoms with Crippen LogP contribution in [0.25, 0.3) is 0 Å². The van der Waals surface area contributed by atoms with Gasteiger partial charge in [-0.2, -0.15) is 13.2 Å². The van der Waals surface area contributed by atoms with Crippen molar-refractivity contribution in [1.29, 1.82) is 0 Å². The predicted molar refractivity (Wildman–Crippen MR) is 48.4 cm³/mol. The predicted octanol–water partition coefficient (Wildman–Crippen LogP) is 1.32. The fourth-order valence-corrected chi connectivity index (χ4v) is 1.53. The summed E-state index contributed by atoms with van der Waals surface area (Å²) >= 11 is 0. The summed E-state index contributed by atoms with van der Waals surface area (Å²) in [6.07, 6.45) is -2.91. The third kappa shape index (κ3) is 5.34. The van der Waals surface area contributed by atoms with Gasteiger partial charge in [0, 0.05) is 19.3 Å². The Kier molecular flexibility index (Phi) is 4.82. The standard InChI is InChI=1S/C9H16F3NO2/c10-9(11,12)6-15-4-2-8(13)7-1-3-14-5-7/h7-8H,1-6,13H2. The van der Waals surface area contributed by atoms with Crippen LogP contribution in [0.2, 0.25) is 0 Å². The first kappa shape index (κ1) is 12.7. The zero-order valence-electron chi connectivity index (χ0n) is 8.43. The maximum atomic E-state index is 11.7. The number of halogens is 3. The Labute approximate surface area is 86.7 Å². The quantitative estimate of drug-likeness (QED) is 0.720. The molecule has 1 fully saturated rings. The molecule has 2 atom stereocenters. The van der Waals surface area contributed by atoms with Gasteiger partial charge in [-0.1, -0.05) is 0 Å². The average molecular weight is 227 g/mol. The molecule has 1 saturated heterocycles. The highest BCUT2D eigenvalue weighted by atomic mass is 19.4. The smallest absolute Gasteiger partial charge is 0.381 e. The Balaban J connectivity index is 2.04. The lowest BCUT2D eigenvalue weighted by molar-refractivity contribution is -0.174. The minimum atomic E-state index is -4.25. The first-order chi connectivity index (χ1) is 6.99. The summed E-state index contributed by atoms with van der Waals surface area (Å²) in [4.78, 5) is 0. The van der Waals surface area contributed by atoms with E-state index in [-0.39, 0.29) is 18.6 Å². The molecule has 0 amide bonds. The van der Waals surface area contributed by atoms with Crippen molar-refractivity contribution >= 4 is 0 Å². The SMILES string of the molecule is NC(CCOCC(F)(F)F)C1CCOC1. The summed E-state index contributed by atoms with van der Waals surface area (Å²) in [7, 11) is 0. The third-order valence-electron chi connectivity index (χ3n) is 2.43. The van der Waals surface area contributed by atoms with E-state index in [0.717, 1.165) is 6.42 Å². The van der Waals surface area contributed by atoms with Crippen LogP contribution in [0.1, 0.15) is 12.8 Å². The summed E-state index contributed by atoms with van der Waals surface area (Å²) in [5.74, 6) is 0.263. The number of ether oxygens (including phenoxy) is 2. The van der Waals surface area contributed by atoms with E-state index in [1.807, 2.05) is 0 Å². The Morgan fingerprint density at radius 1 is 1.47 bits per heavy atom. The fraction of sp³-hybridized carbons (Fsp3) is 1.00. The molecule has 1 rings (SSSR count). The van der Waals surface area contributed by atoms with Crippen molar-refractivity contribution in [1.82, 2.24) is 0 Å². The first-order valence-electron chi connectivity index (χ1n) is 4.97. The second-order valence-corrected chi connectivity index (χ2v) is 3.74. The van der Waals surface area contributed by atoms with Crippen LogP contribution < -0.4 is 5.73 Å². The molecule has 0 aromatic carbocycles. The molecule has 1 heterocycles. The molecule has 3 nitrogen and oxygen atoms in total. The van der Waals surface area contributed by atoms with Crippen LogP contribution in [-0.2, 0) is 9.47 Å². The second kappa shape index (κ2) is 5.67. The van der Waals surface area contributed by atoms with E-state index in [4.69, 9.17) is 10.5 Å². The van der Waals surface area contributed by atoms with Gasteiger partial charge in [0.2, 0.25) is 0 Å². The van der Waals surface area contributed by atoms with Crippen molar-refractivity contribution < 1.29 is 22.6 Å². The van der Waals surface area contributed by atoms with Crippen molar-refractivity contribution in [3.8, 4) is 0 Å². The van der Waals surface area contributed by atoms with E-state index >= 15 is 0 Å². The van der Waals surface area contributed by atoms with Gasteiger partial charge >= 0.3 is 6.18 Å². The zero-order valence-corrected chi connectivity index (χ0v) is 8.43. The molecule has 0 spiro atoms. The fourth-order valence-electron chi connectivity index (χ4n) is 1.53. The van der Waals surface area contributed by atoms with Crippen LogP contribution in [0.15, 0.2) is 0 Å². The van der Waals surface area contributed by atoms with Crippen LogP contribution in [0, 0.1) is 5.92 Å². The molecule has 0 bridgehead atoms. The highest BCUT2D eigenvalue weighted by Gasteiger charge is 2.28. The van der Waals surface area contributed by atoms with Gasteiger partial charge in [0.15, 0.2) is 0 Å². The molecule has 0 saturated carbocycles. The number of nitrogens with two attached hydrogens (primary N) is 1. The van der Waals surface area contributed by atoms with E-state index in [0.29, 0.717) is 19.6 Å². The lowest BCUT2D eigenvalue weighted by Gasteiger charge is -2.17. The summed E-state index contributed by atoms with van der Waals surface area (Å²) < 4.78 is 44.7. The van der Waals surface area contributed by atoms with Gasteiger partial charge in [0.05, 0.1) is 6.61 Å². The van der Waals surface area contributed by atoms with Crippen molar-refractivity contribution in [2.24, 2.45) is 11.7 Å². The summed E-state index contributed by atoms with van der Waals surface area (Å²) in [6, 6.07) is -0.124. The van der Waals surface area contributed by atoms with Crippen molar-refractivity contribution in [2.45, 2.75) is 25.1 Å². The van der Waals surface area contributed by atoms with Crippen LogP contribution in [-0.4, -0.2) is 38.6 Å². The van der Waals surface area contributed by atoms with E-state index < -0.39 is 12.8 Å². The highest BCUT2D eigenvalue weighted by molar-refractivity contribution is 4.75. The van der Waals surface area contributed by atoms with E-state index in [9.17, 15) is 13.2 Å². The molecular weight excluding hydrogens is 211 g/mol. The van der Waals surface area contributed by atoms with Crippen molar-refractivity contribution in [2.75, 3.05) is 26.4 Å². The van der Waals surface area contributed by atoms with Gasteiger partial charge in [0.25, 0.3) is 0 Å². The Hall–Kier alpha value is -0.330. The Morgan fingerprint density at radius 2 is 2.20 bits per heavy atom. The number of hydrogen-bond donors (Lipinski definition) is 1. The monoisotopic (exact) mass is 227 g/mol. The largest absolute Gasteiger partial charge is 0.411 e. The minimum Gasteiger partial charge on any atom is -0.381 e. The molecule has 1 aliphatic heterocycles. The lowest BCUT2D eigenvalue weighted by atomic mass is 9.98. The summed E-state index contributed by atoms with van der Waals surface area (Å²) in [6.45, 7) is 0.167. The van der Waals surface area contributed by atoms with Gasteiger partial charge in [-0.3, -0.25) is 0 Å². The van der Waals surface area contributed by atoms with Gasteiger partial charge in [-0.15, -0.1) is 0 Å². The molecule has 1 aliphatic rings. The molecule has 0 aliphatic carbocycles. The molecule has 2 unspecified atom stereocenters. The van der Waals surface area contributed by atoms with E-state index in [1.54, 1.807) is 0 Å². The molecular formula is C9H16F3NO2.